The van der Waals surface area contributed by atoms with E-state index < -0.39 is 0 Å². The predicted molar refractivity (Wildman–Crippen MR) is 59.2 cm³/mol. The van der Waals surface area contributed by atoms with Gasteiger partial charge in [-0.1, -0.05) is 24.3 Å². The van der Waals surface area contributed by atoms with E-state index in [1.165, 1.54) is 0 Å². The number of rotatable bonds is 4. The third-order valence-electron chi connectivity index (χ3n) is 2.37. The summed E-state index contributed by atoms with van der Waals surface area (Å²) in [5.41, 5.74) is 0. The van der Waals surface area contributed by atoms with Crippen molar-refractivity contribution < 1.29 is 19.3 Å². The standard InChI is InChI=1S/C6H10O3.C6H8O/c1(5-3-8-5)7-2-6-4-9-6;7-6-4-2-1-3-5-6/h5-6H,1-4H2;1-4,6-7H,5H2. The van der Waals surface area contributed by atoms with Crippen LogP contribution < -0.4 is 0 Å². The Hall–Kier alpha value is -0.680. The normalized spacial score (nSPS) is 34.2. The second kappa shape index (κ2) is 6.15. The zero-order chi connectivity index (χ0) is 11.2. The van der Waals surface area contributed by atoms with Gasteiger partial charge in [-0.05, 0) is 6.42 Å². The molecule has 2 saturated heterocycles. The molecule has 16 heavy (non-hydrogen) atoms. The first kappa shape index (κ1) is 11.8. The Kier molecular flexibility index (Phi) is 4.54. The molecule has 3 rings (SSSR count). The van der Waals surface area contributed by atoms with Crippen molar-refractivity contribution in [3.63, 3.8) is 0 Å². The van der Waals surface area contributed by atoms with Crippen molar-refractivity contribution >= 4 is 0 Å². The van der Waals surface area contributed by atoms with Crippen molar-refractivity contribution in [3.8, 4) is 0 Å². The topological polar surface area (TPSA) is 54.5 Å². The molecule has 2 fully saturated rings. The third-order valence-corrected chi connectivity index (χ3v) is 2.37. The van der Waals surface area contributed by atoms with Crippen LogP contribution in [0.4, 0.5) is 0 Å². The van der Waals surface area contributed by atoms with E-state index in [-0.39, 0.29) is 6.10 Å². The third kappa shape index (κ3) is 5.42. The molecule has 0 saturated carbocycles. The van der Waals surface area contributed by atoms with Gasteiger partial charge in [0.2, 0.25) is 0 Å². The van der Waals surface area contributed by atoms with Gasteiger partial charge in [-0.15, -0.1) is 0 Å². The summed E-state index contributed by atoms with van der Waals surface area (Å²) in [6.45, 7) is 3.26. The fourth-order valence-corrected chi connectivity index (χ4v) is 1.23. The molecule has 3 atom stereocenters. The van der Waals surface area contributed by atoms with E-state index in [0.717, 1.165) is 32.8 Å². The van der Waals surface area contributed by atoms with E-state index in [9.17, 15) is 0 Å². The first-order chi connectivity index (χ1) is 7.84. The minimum absolute atomic E-state index is 0.231. The van der Waals surface area contributed by atoms with Gasteiger partial charge in [-0.3, -0.25) is 0 Å². The highest BCUT2D eigenvalue weighted by molar-refractivity contribution is 5.11. The average Bonchev–Trinajstić information content (AvgIpc) is 3.14. The van der Waals surface area contributed by atoms with Crippen LogP contribution in [0.25, 0.3) is 0 Å². The summed E-state index contributed by atoms with van der Waals surface area (Å²) in [6.07, 6.45) is 8.85. The van der Waals surface area contributed by atoms with Gasteiger partial charge in [-0.25, -0.2) is 0 Å². The summed E-state index contributed by atoms with van der Waals surface area (Å²) in [6, 6.07) is 0. The smallest absolute Gasteiger partial charge is 0.104 e. The van der Waals surface area contributed by atoms with E-state index in [4.69, 9.17) is 19.3 Å². The maximum atomic E-state index is 8.77. The minimum Gasteiger partial charge on any atom is -0.389 e. The lowest BCUT2D eigenvalue weighted by Crippen LogP contribution is -2.06. The van der Waals surface area contributed by atoms with Crippen LogP contribution in [-0.2, 0) is 14.2 Å². The zero-order valence-corrected chi connectivity index (χ0v) is 9.25. The number of aliphatic hydroxyl groups excluding tert-OH is 1. The monoisotopic (exact) mass is 226 g/mol. The number of hydrogen-bond acceptors (Lipinski definition) is 4. The molecule has 2 aliphatic heterocycles. The minimum atomic E-state index is -0.231. The molecule has 0 aromatic heterocycles. The van der Waals surface area contributed by atoms with Crippen LogP contribution in [0.5, 0.6) is 0 Å². The second-order valence-corrected chi connectivity index (χ2v) is 4.06. The van der Waals surface area contributed by atoms with Crippen LogP contribution in [0.1, 0.15) is 6.42 Å². The van der Waals surface area contributed by atoms with Gasteiger partial charge in [0.15, 0.2) is 0 Å². The molecule has 0 aromatic carbocycles. The van der Waals surface area contributed by atoms with Crippen LogP contribution in [0.15, 0.2) is 24.3 Å². The fourth-order valence-electron chi connectivity index (χ4n) is 1.23. The molecule has 3 aliphatic rings. The lowest BCUT2D eigenvalue weighted by molar-refractivity contribution is 0.102. The van der Waals surface area contributed by atoms with Crippen LogP contribution in [0, 0.1) is 0 Å². The lowest BCUT2D eigenvalue weighted by atomic mass is 10.1. The van der Waals surface area contributed by atoms with Crippen LogP contribution >= 0.6 is 0 Å². The molecule has 0 radical (unpaired) electrons. The summed E-state index contributed by atoms with van der Waals surface area (Å²) >= 11 is 0. The Balaban J connectivity index is 0.000000125. The SMILES string of the molecule is C(OCC1CO1)C1CO1.OC1C=CC=CC1. The molecule has 2 heterocycles. The second-order valence-electron chi connectivity index (χ2n) is 4.06. The van der Waals surface area contributed by atoms with Crippen molar-refractivity contribution in [2.24, 2.45) is 0 Å². The fraction of sp³-hybridized carbons (Fsp3) is 0.667. The van der Waals surface area contributed by atoms with Gasteiger partial charge < -0.3 is 19.3 Å². The highest BCUT2D eigenvalue weighted by atomic mass is 16.6. The van der Waals surface area contributed by atoms with Crippen molar-refractivity contribution in [1.29, 1.82) is 0 Å². The van der Waals surface area contributed by atoms with Crippen molar-refractivity contribution in [1.82, 2.24) is 0 Å². The first-order valence-corrected chi connectivity index (χ1v) is 5.67. The van der Waals surface area contributed by atoms with E-state index in [0.29, 0.717) is 12.2 Å². The lowest BCUT2D eigenvalue weighted by Gasteiger charge is -2.01. The molecule has 1 N–H and O–H groups in total. The Morgan fingerprint density at radius 1 is 1.12 bits per heavy atom. The highest BCUT2D eigenvalue weighted by Crippen LogP contribution is 2.12. The number of ether oxygens (including phenoxy) is 3. The summed E-state index contributed by atoms with van der Waals surface area (Å²) < 4.78 is 15.1. The van der Waals surface area contributed by atoms with Gasteiger partial charge in [0.05, 0.1) is 32.5 Å². The molecule has 0 spiro atoms. The zero-order valence-electron chi connectivity index (χ0n) is 9.25. The van der Waals surface area contributed by atoms with Crippen molar-refractivity contribution in [3.05, 3.63) is 24.3 Å². The molecule has 4 heteroatoms. The van der Waals surface area contributed by atoms with Crippen molar-refractivity contribution in [2.45, 2.75) is 24.7 Å². The number of hydrogen-bond donors (Lipinski definition) is 1. The summed E-state index contributed by atoms with van der Waals surface area (Å²) in [5.74, 6) is 0. The van der Waals surface area contributed by atoms with E-state index >= 15 is 0 Å². The van der Waals surface area contributed by atoms with Gasteiger partial charge in [0, 0.05) is 0 Å². The molecule has 1 aliphatic carbocycles. The summed E-state index contributed by atoms with van der Waals surface area (Å²) in [4.78, 5) is 0. The molecule has 3 unspecified atom stereocenters. The largest absolute Gasteiger partial charge is 0.389 e. The number of allylic oxidation sites excluding steroid dienone is 2. The summed E-state index contributed by atoms with van der Waals surface area (Å²) in [5, 5.41) is 8.77. The first-order valence-electron chi connectivity index (χ1n) is 5.67. The molecular formula is C12H18O4. The molecule has 0 aromatic rings. The van der Waals surface area contributed by atoms with E-state index in [1.807, 2.05) is 18.2 Å². The Labute approximate surface area is 95.5 Å². The molecule has 4 nitrogen and oxygen atoms in total. The molecule has 0 amide bonds. The predicted octanol–water partition coefficient (Wildman–Crippen LogP) is 0.664. The van der Waals surface area contributed by atoms with Gasteiger partial charge in [-0.2, -0.15) is 0 Å². The molecular weight excluding hydrogens is 208 g/mol. The van der Waals surface area contributed by atoms with Gasteiger partial charge in [0.25, 0.3) is 0 Å². The Morgan fingerprint density at radius 2 is 1.75 bits per heavy atom. The quantitative estimate of drug-likeness (QED) is 0.716. The number of aliphatic hydroxyl groups is 1. The van der Waals surface area contributed by atoms with Crippen LogP contribution in [0.2, 0.25) is 0 Å². The summed E-state index contributed by atoms with van der Waals surface area (Å²) in [7, 11) is 0. The maximum Gasteiger partial charge on any atom is 0.104 e. The van der Waals surface area contributed by atoms with Crippen LogP contribution in [-0.4, -0.2) is 49.8 Å². The van der Waals surface area contributed by atoms with Crippen LogP contribution in [0.3, 0.4) is 0 Å². The Bertz CT molecular complexity index is 242. The Morgan fingerprint density at radius 3 is 2.06 bits per heavy atom. The van der Waals surface area contributed by atoms with E-state index in [1.54, 1.807) is 6.08 Å². The molecule has 0 bridgehead atoms. The maximum absolute atomic E-state index is 8.77. The molecule has 90 valence electrons. The van der Waals surface area contributed by atoms with Gasteiger partial charge in [0.1, 0.15) is 12.2 Å². The average molecular weight is 226 g/mol. The van der Waals surface area contributed by atoms with E-state index in [2.05, 4.69) is 0 Å². The van der Waals surface area contributed by atoms with Crippen molar-refractivity contribution in [2.75, 3.05) is 26.4 Å². The highest BCUT2D eigenvalue weighted by Gasteiger charge is 2.26. The number of epoxide rings is 2. The van der Waals surface area contributed by atoms with Gasteiger partial charge >= 0.3 is 0 Å².